The summed E-state index contributed by atoms with van der Waals surface area (Å²) in [7, 11) is 1.98. The Morgan fingerprint density at radius 1 is 1.44 bits per heavy atom. The zero-order valence-electron chi connectivity index (χ0n) is 14.9. The van der Waals surface area contributed by atoms with Crippen molar-refractivity contribution < 1.29 is 4.79 Å². The molecule has 7 nitrogen and oxygen atoms in total. The molecule has 2 amide bonds. The van der Waals surface area contributed by atoms with E-state index in [0.29, 0.717) is 12.6 Å². The van der Waals surface area contributed by atoms with Gasteiger partial charge < -0.3 is 19.4 Å². The third kappa shape index (κ3) is 4.36. The first-order valence-electron chi connectivity index (χ1n) is 8.74. The monoisotopic (exact) mass is 362 g/mol. The van der Waals surface area contributed by atoms with Crippen molar-refractivity contribution >= 4 is 17.8 Å². The van der Waals surface area contributed by atoms with Crippen molar-refractivity contribution in [1.29, 1.82) is 0 Å². The maximum atomic E-state index is 12.7. The third-order valence-corrected chi connectivity index (χ3v) is 5.56. The fraction of sp³-hybridized carbons (Fsp3) is 0.588. The quantitative estimate of drug-likeness (QED) is 0.802. The second-order valence-electron chi connectivity index (χ2n) is 6.39. The fourth-order valence-electron chi connectivity index (χ4n) is 3.33. The Hall–Kier alpha value is -1.96. The van der Waals surface area contributed by atoms with Crippen LogP contribution >= 0.6 is 11.8 Å². The number of carbonyl (C=O) groups excluding carboxylic acids is 1. The molecule has 1 fully saturated rings. The number of piperidine rings is 1. The molecule has 0 aliphatic carbocycles. The lowest BCUT2D eigenvalue weighted by molar-refractivity contribution is 0.143. The SMILES string of the molecule is CSc1ncc(CNC(=O)N2CCCC[C@H]2CCn2ccnc2)n1C. The number of rotatable bonds is 6. The molecule has 1 aliphatic rings. The first kappa shape index (κ1) is 17.8. The molecule has 8 heteroatoms. The number of urea groups is 1. The van der Waals surface area contributed by atoms with Crippen LogP contribution in [0.15, 0.2) is 30.1 Å². The first-order chi connectivity index (χ1) is 12.2. The number of hydrogen-bond donors (Lipinski definition) is 1. The molecule has 1 saturated heterocycles. The number of aryl methyl sites for hydroxylation is 1. The van der Waals surface area contributed by atoms with Crippen molar-refractivity contribution in [3.05, 3.63) is 30.6 Å². The second-order valence-corrected chi connectivity index (χ2v) is 7.16. The van der Waals surface area contributed by atoms with E-state index in [9.17, 15) is 4.79 Å². The average molecular weight is 363 g/mol. The standard InChI is InChI=1S/C17H26N6OS/c1-21-15(12-20-17(21)25-2)11-19-16(24)23-8-4-3-5-14(23)6-9-22-10-7-18-13-22/h7,10,12-14H,3-6,8-9,11H2,1-2H3,(H,19,24)/t14-/m0/s1. The molecule has 0 saturated carbocycles. The topological polar surface area (TPSA) is 68.0 Å². The molecule has 0 bridgehead atoms. The molecule has 0 spiro atoms. The largest absolute Gasteiger partial charge is 0.337 e. The molecule has 2 aromatic heterocycles. The van der Waals surface area contributed by atoms with E-state index in [0.717, 1.165) is 43.2 Å². The van der Waals surface area contributed by atoms with Crippen LogP contribution in [0.2, 0.25) is 0 Å². The summed E-state index contributed by atoms with van der Waals surface area (Å²) in [5.74, 6) is 0. The molecule has 3 rings (SSSR count). The highest BCUT2D eigenvalue weighted by Gasteiger charge is 2.26. The van der Waals surface area contributed by atoms with Gasteiger partial charge in [-0.2, -0.15) is 0 Å². The van der Waals surface area contributed by atoms with E-state index in [1.807, 2.05) is 41.5 Å². The smallest absolute Gasteiger partial charge is 0.317 e. The van der Waals surface area contributed by atoms with Crippen LogP contribution in [-0.2, 0) is 20.1 Å². The minimum atomic E-state index is 0.0298. The zero-order valence-corrected chi connectivity index (χ0v) is 15.7. The van der Waals surface area contributed by atoms with Crippen LogP contribution in [-0.4, -0.2) is 48.9 Å². The number of hydrogen-bond acceptors (Lipinski definition) is 4. The number of likely N-dealkylation sites (tertiary alicyclic amines) is 1. The van der Waals surface area contributed by atoms with Gasteiger partial charge in [-0.05, 0) is 31.9 Å². The van der Waals surface area contributed by atoms with Crippen LogP contribution in [0.25, 0.3) is 0 Å². The van der Waals surface area contributed by atoms with Crippen molar-refractivity contribution in [1.82, 2.24) is 29.3 Å². The molecule has 136 valence electrons. The van der Waals surface area contributed by atoms with E-state index in [2.05, 4.69) is 19.9 Å². The zero-order chi connectivity index (χ0) is 17.6. The number of carbonyl (C=O) groups is 1. The first-order valence-corrected chi connectivity index (χ1v) is 9.96. The van der Waals surface area contributed by atoms with E-state index in [1.54, 1.807) is 18.0 Å². The van der Waals surface area contributed by atoms with Gasteiger partial charge in [0, 0.05) is 38.6 Å². The van der Waals surface area contributed by atoms with Crippen LogP contribution in [0.5, 0.6) is 0 Å². The Kier molecular flexibility index (Phi) is 6.01. The normalized spacial score (nSPS) is 17.7. The number of amides is 2. The summed E-state index contributed by atoms with van der Waals surface area (Å²) in [4.78, 5) is 23.1. The summed E-state index contributed by atoms with van der Waals surface area (Å²) in [5.41, 5.74) is 1.02. The molecule has 0 aromatic carbocycles. The number of nitrogens with zero attached hydrogens (tertiary/aromatic N) is 5. The Bertz CT molecular complexity index is 683. The highest BCUT2D eigenvalue weighted by Crippen LogP contribution is 2.21. The van der Waals surface area contributed by atoms with E-state index < -0.39 is 0 Å². The number of imidazole rings is 2. The van der Waals surface area contributed by atoms with Gasteiger partial charge in [-0.1, -0.05) is 11.8 Å². The van der Waals surface area contributed by atoms with Crippen LogP contribution in [0.3, 0.4) is 0 Å². The lowest BCUT2D eigenvalue weighted by Crippen LogP contribution is -2.48. The number of aromatic nitrogens is 4. The lowest BCUT2D eigenvalue weighted by atomic mass is 10.00. The Balaban J connectivity index is 1.55. The lowest BCUT2D eigenvalue weighted by Gasteiger charge is -2.36. The minimum absolute atomic E-state index is 0.0298. The summed E-state index contributed by atoms with van der Waals surface area (Å²) in [6.45, 7) is 2.24. The van der Waals surface area contributed by atoms with Gasteiger partial charge in [0.2, 0.25) is 0 Å². The fourth-order valence-corrected chi connectivity index (χ4v) is 3.88. The van der Waals surface area contributed by atoms with E-state index in [-0.39, 0.29) is 6.03 Å². The highest BCUT2D eigenvalue weighted by atomic mass is 32.2. The van der Waals surface area contributed by atoms with Crippen LogP contribution in [0.4, 0.5) is 4.79 Å². The van der Waals surface area contributed by atoms with Gasteiger partial charge in [-0.25, -0.2) is 14.8 Å². The molecule has 1 N–H and O–H groups in total. The predicted molar refractivity (Wildman–Crippen MR) is 98.4 cm³/mol. The molecular formula is C17H26N6OS. The Morgan fingerprint density at radius 3 is 3.04 bits per heavy atom. The molecule has 1 aliphatic heterocycles. The van der Waals surface area contributed by atoms with Crippen molar-refractivity contribution in [2.75, 3.05) is 12.8 Å². The van der Waals surface area contributed by atoms with Crippen molar-refractivity contribution in [3.8, 4) is 0 Å². The van der Waals surface area contributed by atoms with Gasteiger partial charge in [0.15, 0.2) is 5.16 Å². The van der Waals surface area contributed by atoms with Crippen LogP contribution < -0.4 is 5.32 Å². The van der Waals surface area contributed by atoms with Crippen molar-refractivity contribution in [2.45, 2.75) is 50.0 Å². The molecule has 0 unspecified atom stereocenters. The van der Waals surface area contributed by atoms with Gasteiger partial charge in [0.1, 0.15) is 0 Å². The molecule has 25 heavy (non-hydrogen) atoms. The average Bonchev–Trinajstić information content (AvgIpc) is 3.28. The van der Waals surface area contributed by atoms with Crippen LogP contribution in [0.1, 0.15) is 31.4 Å². The summed E-state index contributed by atoms with van der Waals surface area (Å²) < 4.78 is 4.10. The second kappa shape index (κ2) is 8.42. The molecule has 0 radical (unpaired) electrons. The van der Waals surface area contributed by atoms with E-state index in [4.69, 9.17) is 0 Å². The minimum Gasteiger partial charge on any atom is -0.337 e. The summed E-state index contributed by atoms with van der Waals surface area (Å²) in [6.07, 6.45) is 13.7. The van der Waals surface area contributed by atoms with Gasteiger partial charge in [0.05, 0.1) is 24.8 Å². The van der Waals surface area contributed by atoms with Gasteiger partial charge in [-0.15, -0.1) is 0 Å². The van der Waals surface area contributed by atoms with Gasteiger partial charge in [-0.3, -0.25) is 0 Å². The van der Waals surface area contributed by atoms with Crippen LogP contribution in [0, 0.1) is 0 Å². The third-order valence-electron chi connectivity index (χ3n) is 4.81. The predicted octanol–water partition coefficient (Wildman–Crippen LogP) is 2.49. The molecule has 2 aromatic rings. The number of nitrogens with one attached hydrogen (secondary N) is 1. The highest BCUT2D eigenvalue weighted by molar-refractivity contribution is 7.98. The summed E-state index contributed by atoms with van der Waals surface area (Å²) in [6, 6.07) is 0.326. The van der Waals surface area contributed by atoms with Crippen molar-refractivity contribution in [2.24, 2.45) is 7.05 Å². The molecule has 1 atom stereocenters. The summed E-state index contributed by atoms with van der Waals surface area (Å²) >= 11 is 1.61. The Morgan fingerprint density at radius 2 is 2.32 bits per heavy atom. The van der Waals surface area contributed by atoms with E-state index in [1.165, 1.54) is 6.42 Å². The number of thioether (sulfide) groups is 1. The summed E-state index contributed by atoms with van der Waals surface area (Å²) in [5, 5.41) is 4.03. The molecule has 3 heterocycles. The maximum Gasteiger partial charge on any atom is 0.317 e. The van der Waals surface area contributed by atoms with Gasteiger partial charge >= 0.3 is 6.03 Å². The van der Waals surface area contributed by atoms with Gasteiger partial charge in [0.25, 0.3) is 0 Å². The van der Waals surface area contributed by atoms with E-state index >= 15 is 0 Å². The van der Waals surface area contributed by atoms with Crippen molar-refractivity contribution in [3.63, 3.8) is 0 Å². The maximum absolute atomic E-state index is 12.7. The molecular weight excluding hydrogens is 336 g/mol. The Labute approximate surface area is 152 Å².